The van der Waals surface area contributed by atoms with Crippen LogP contribution < -0.4 is 5.32 Å². The molecule has 0 unspecified atom stereocenters. The summed E-state index contributed by atoms with van der Waals surface area (Å²) in [6.45, 7) is 0. The molecule has 98 valence electrons. The predicted octanol–water partition coefficient (Wildman–Crippen LogP) is 5.17. The van der Waals surface area contributed by atoms with Gasteiger partial charge >= 0.3 is 0 Å². The highest BCUT2D eigenvalue weighted by Crippen LogP contribution is 2.31. The van der Waals surface area contributed by atoms with Crippen LogP contribution in [0.3, 0.4) is 0 Å². The first-order valence-electron chi connectivity index (χ1n) is 5.06. The third-order valence-electron chi connectivity index (χ3n) is 2.26. The third-order valence-corrected chi connectivity index (χ3v) is 4.08. The van der Waals surface area contributed by atoms with E-state index in [9.17, 15) is 4.79 Å². The number of carbonyl (C=O) groups is 1. The van der Waals surface area contributed by atoms with E-state index in [2.05, 4.69) is 42.2 Å². The van der Waals surface area contributed by atoms with Crippen molar-refractivity contribution >= 4 is 66.7 Å². The number of amides is 1. The third kappa shape index (κ3) is 3.48. The van der Waals surface area contributed by atoms with E-state index < -0.39 is 0 Å². The number of carbonyl (C=O) groups excluding carboxylic acids is 1. The molecule has 0 aliphatic carbocycles. The summed E-state index contributed by atoms with van der Waals surface area (Å²) in [4.78, 5) is 16.0. The summed E-state index contributed by atoms with van der Waals surface area (Å²) in [6.07, 6.45) is 0. The Balaban J connectivity index is 2.31. The van der Waals surface area contributed by atoms with Crippen LogP contribution in [0, 0.1) is 0 Å². The van der Waals surface area contributed by atoms with Gasteiger partial charge in [0.25, 0.3) is 5.91 Å². The zero-order valence-corrected chi connectivity index (χ0v) is 13.9. The van der Waals surface area contributed by atoms with Crippen molar-refractivity contribution in [1.29, 1.82) is 0 Å². The summed E-state index contributed by atoms with van der Waals surface area (Å²) in [5.74, 6) is -0.359. The lowest BCUT2D eigenvalue weighted by molar-refractivity contribution is 0.102. The lowest BCUT2D eigenvalue weighted by Crippen LogP contribution is -2.13. The quantitative estimate of drug-likeness (QED) is 0.676. The van der Waals surface area contributed by atoms with Crippen LogP contribution in [-0.4, -0.2) is 10.9 Å². The molecule has 7 heteroatoms. The van der Waals surface area contributed by atoms with Crippen LogP contribution in [0.1, 0.15) is 10.4 Å². The van der Waals surface area contributed by atoms with Gasteiger partial charge in [0.05, 0.1) is 11.3 Å². The minimum Gasteiger partial charge on any atom is -0.320 e. The summed E-state index contributed by atoms with van der Waals surface area (Å²) in [5.41, 5.74) is 0.882. The number of rotatable bonds is 2. The molecule has 19 heavy (non-hydrogen) atoms. The first kappa shape index (κ1) is 14.8. The molecule has 1 aromatic heterocycles. The summed E-state index contributed by atoms with van der Waals surface area (Å²) in [6, 6.07) is 8.53. The van der Waals surface area contributed by atoms with Crippen LogP contribution in [0.4, 0.5) is 5.69 Å². The Morgan fingerprint density at radius 3 is 2.32 bits per heavy atom. The second-order valence-corrected chi connectivity index (χ2v) is 5.98. The van der Waals surface area contributed by atoms with Gasteiger partial charge in [-0.3, -0.25) is 4.79 Å². The van der Waals surface area contributed by atoms with Crippen LogP contribution in [0.15, 0.2) is 39.3 Å². The number of hydrogen-bond donors (Lipinski definition) is 1. The van der Waals surface area contributed by atoms with Crippen LogP contribution in [-0.2, 0) is 0 Å². The molecule has 0 atom stereocenters. The molecule has 0 spiro atoms. The number of halogens is 4. The number of para-hydroxylation sites is 1. The van der Waals surface area contributed by atoms with Gasteiger partial charge in [-0.05, 0) is 56.1 Å². The van der Waals surface area contributed by atoms with Gasteiger partial charge in [0.2, 0.25) is 0 Å². The van der Waals surface area contributed by atoms with E-state index in [0.717, 1.165) is 8.95 Å². The van der Waals surface area contributed by atoms with Crippen LogP contribution in [0.25, 0.3) is 0 Å². The van der Waals surface area contributed by atoms with Crippen molar-refractivity contribution in [3.63, 3.8) is 0 Å². The molecule has 0 aliphatic rings. The van der Waals surface area contributed by atoms with Gasteiger partial charge in [-0.25, -0.2) is 4.98 Å². The van der Waals surface area contributed by atoms with E-state index in [1.54, 1.807) is 0 Å². The molecule has 1 aromatic carbocycles. The Kier molecular flexibility index (Phi) is 4.84. The molecule has 0 radical (unpaired) electrons. The molecule has 1 heterocycles. The highest BCUT2D eigenvalue weighted by Gasteiger charge is 2.14. The minimum atomic E-state index is -0.359. The first-order chi connectivity index (χ1) is 8.99. The number of benzene rings is 1. The Bertz CT molecular complexity index is 629. The second kappa shape index (κ2) is 6.22. The molecular weight excluding hydrogens is 419 g/mol. The van der Waals surface area contributed by atoms with Crippen molar-refractivity contribution in [2.75, 3.05) is 5.32 Å². The van der Waals surface area contributed by atoms with E-state index in [4.69, 9.17) is 23.2 Å². The van der Waals surface area contributed by atoms with Gasteiger partial charge in [0, 0.05) is 8.95 Å². The lowest BCUT2D eigenvalue weighted by atomic mass is 10.2. The highest BCUT2D eigenvalue weighted by molar-refractivity contribution is 9.11. The highest BCUT2D eigenvalue weighted by atomic mass is 79.9. The van der Waals surface area contributed by atoms with E-state index in [1.807, 2.05) is 18.2 Å². The lowest BCUT2D eigenvalue weighted by Gasteiger charge is -2.10. The SMILES string of the molecule is O=C(Nc1c(Br)cccc1Br)c1ccc(Cl)nc1Cl. The van der Waals surface area contributed by atoms with Crippen molar-refractivity contribution < 1.29 is 4.79 Å². The molecule has 0 aliphatic heterocycles. The minimum absolute atomic E-state index is 0.0631. The number of nitrogens with zero attached hydrogens (tertiary/aromatic N) is 1. The zero-order chi connectivity index (χ0) is 14.0. The van der Waals surface area contributed by atoms with E-state index in [-0.39, 0.29) is 21.8 Å². The topological polar surface area (TPSA) is 42.0 Å². The van der Waals surface area contributed by atoms with Gasteiger partial charge in [-0.1, -0.05) is 29.3 Å². The number of nitrogens with one attached hydrogen (secondary N) is 1. The Labute approximate surface area is 136 Å². The Morgan fingerprint density at radius 2 is 1.74 bits per heavy atom. The number of hydrogen-bond acceptors (Lipinski definition) is 2. The summed E-state index contributed by atoms with van der Waals surface area (Å²) < 4.78 is 1.52. The van der Waals surface area contributed by atoms with Crippen LogP contribution >= 0.6 is 55.1 Å². The number of aromatic nitrogens is 1. The molecule has 2 aromatic rings. The van der Waals surface area contributed by atoms with Crippen molar-refractivity contribution in [2.24, 2.45) is 0 Å². The first-order valence-corrected chi connectivity index (χ1v) is 7.40. The van der Waals surface area contributed by atoms with E-state index in [1.165, 1.54) is 12.1 Å². The predicted molar refractivity (Wildman–Crippen MR) is 84.1 cm³/mol. The van der Waals surface area contributed by atoms with Gasteiger partial charge in [-0.15, -0.1) is 0 Å². The van der Waals surface area contributed by atoms with Crippen molar-refractivity contribution in [3.05, 3.63) is 55.1 Å². The molecule has 1 amide bonds. The Morgan fingerprint density at radius 1 is 1.11 bits per heavy atom. The van der Waals surface area contributed by atoms with Gasteiger partial charge in [0.1, 0.15) is 10.3 Å². The smallest absolute Gasteiger partial charge is 0.258 e. The molecule has 0 saturated heterocycles. The molecular formula is C12H6Br2Cl2N2O. The molecule has 3 nitrogen and oxygen atoms in total. The Hall–Kier alpha value is -0.620. The van der Waals surface area contributed by atoms with Gasteiger partial charge in [-0.2, -0.15) is 0 Å². The monoisotopic (exact) mass is 422 g/mol. The van der Waals surface area contributed by atoms with Gasteiger partial charge in [0.15, 0.2) is 0 Å². The van der Waals surface area contributed by atoms with E-state index in [0.29, 0.717) is 5.69 Å². The maximum Gasteiger partial charge on any atom is 0.258 e. The van der Waals surface area contributed by atoms with Crippen LogP contribution in [0.5, 0.6) is 0 Å². The standard InChI is InChI=1S/C12H6Br2Cl2N2O/c13-7-2-1-3-8(14)10(7)18-12(19)6-4-5-9(15)17-11(6)16/h1-5H,(H,18,19). The zero-order valence-electron chi connectivity index (χ0n) is 9.25. The fraction of sp³-hybridized carbons (Fsp3) is 0. The summed E-state index contributed by atoms with van der Waals surface area (Å²) >= 11 is 18.3. The fourth-order valence-electron chi connectivity index (χ4n) is 1.38. The second-order valence-electron chi connectivity index (χ2n) is 3.52. The van der Waals surface area contributed by atoms with Crippen molar-refractivity contribution in [2.45, 2.75) is 0 Å². The summed E-state index contributed by atoms with van der Waals surface area (Å²) in [5, 5.41) is 3.06. The van der Waals surface area contributed by atoms with Crippen LogP contribution in [0.2, 0.25) is 10.3 Å². The maximum atomic E-state index is 12.1. The fourth-order valence-corrected chi connectivity index (χ4v) is 3.01. The number of anilines is 1. The number of pyridine rings is 1. The van der Waals surface area contributed by atoms with E-state index >= 15 is 0 Å². The normalized spacial score (nSPS) is 10.3. The van der Waals surface area contributed by atoms with Crippen molar-refractivity contribution in [1.82, 2.24) is 4.98 Å². The van der Waals surface area contributed by atoms with Crippen molar-refractivity contribution in [3.8, 4) is 0 Å². The molecule has 0 bridgehead atoms. The molecule has 1 N–H and O–H groups in total. The summed E-state index contributed by atoms with van der Waals surface area (Å²) in [7, 11) is 0. The molecule has 0 saturated carbocycles. The average molecular weight is 425 g/mol. The largest absolute Gasteiger partial charge is 0.320 e. The average Bonchev–Trinajstić information content (AvgIpc) is 2.33. The molecule has 0 fully saturated rings. The maximum absolute atomic E-state index is 12.1. The van der Waals surface area contributed by atoms with Gasteiger partial charge < -0.3 is 5.32 Å². The molecule has 2 rings (SSSR count).